The van der Waals surface area contributed by atoms with Crippen LogP contribution in [0.2, 0.25) is 0 Å². The van der Waals surface area contributed by atoms with E-state index in [4.69, 9.17) is 9.47 Å². The Hall–Kier alpha value is -1.56. The molecule has 1 aliphatic heterocycles. The third-order valence-corrected chi connectivity index (χ3v) is 7.74. The van der Waals surface area contributed by atoms with Gasteiger partial charge in [0.2, 0.25) is 12.7 Å². The van der Waals surface area contributed by atoms with E-state index in [-0.39, 0.29) is 28.2 Å². The minimum atomic E-state index is -0.0992. The number of rotatable bonds is 4. The van der Waals surface area contributed by atoms with Crippen molar-refractivity contribution in [1.82, 2.24) is 0 Å². The van der Waals surface area contributed by atoms with Crippen LogP contribution < -0.4 is 14.8 Å². The maximum absolute atomic E-state index is 13.0. The molecule has 4 aliphatic carbocycles. The van der Waals surface area contributed by atoms with Gasteiger partial charge in [0.15, 0.2) is 17.3 Å². The minimum Gasteiger partial charge on any atom is -0.454 e. The molecule has 1 amide bonds. The molecule has 4 fully saturated rings. The van der Waals surface area contributed by atoms with Crippen LogP contribution in [-0.4, -0.2) is 22.8 Å². The van der Waals surface area contributed by atoms with E-state index < -0.39 is 0 Å². The number of alkyl halides is 1. The predicted molar refractivity (Wildman–Crippen MR) is 105 cm³/mol. The van der Waals surface area contributed by atoms with Gasteiger partial charge in [0.25, 0.3) is 0 Å². The van der Waals surface area contributed by atoms with Crippen LogP contribution in [0.4, 0.5) is 5.69 Å². The highest BCUT2D eigenvalue weighted by Crippen LogP contribution is 2.65. The number of hydrogen-bond acceptors (Lipinski definition) is 4. The summed E-state index contributed by atoms with van der Waals surface area (Å²) in [6.07, 6.45) is 7.76. The van der Waals surface area contributed by atoms with Crippen molar-refractivity contribution in [2.75, 3.05) is 12.1 Å². The number of hydrogen-bond donors (Lipinski definition) is 1. The van der Waals surface area contributed by atoms with Gasteiger partial charge in [-0.05, 0) is 68.8 Å². The fourth-order valence-electron chi connectivity index (χ4n) is 6.41. The van der Waals surface area contributed by atoms with Gasteiger partial charge < -0.3 is 14.8 Å². The van der Waals surface area contributed by atoms with Crippen LogP contribution in [0.1, 0.15) is 62.2 Å². The summed E-state index contributed by atoms with van der Waals surface area (Å²) in [6, 6.07) is 3.38. The fourth-order valence-corrected chi connectivity index (χ4v) is 7.92. The molecule has 1 aromatic rings. The smallest absolute Gasteiger partial charge is 0.231 e. The first kappa shape index (κ1) is 17.5. The van der Waals surface area contributed by atoms with Crippen molar-refractivity contribution < 1.29 is 19.1 Å². The number of carbonyl (C=O) groups is 2. The molecule has 2 atom stereocenters. The fraction of sp³-hybridized carbons (Fsp3) is 0.619. The molecule has 5 nitrogen and oxygen atoms in total. The van der Waals surface area contributed by atoms with Crippen LogP contribution >= 0.6 is 15.9 Å². The van der Waals surface area contributed by atoms with Crippen LogP contribution in [0.3, 0.4) is 0 Å². The van der Waals surface area contributed by atoms with Crippen molar-refractivity contribution in [2.24, 2.45) is 17.3 Å². The second-order valence-electron chi connectivity index (χ2n) is 9.14. The Kier molecular flexibility index (Phi) is 3.87. The van der Waals surface area contributed by atoms with Gasteiger partial charge in [0.1, 0.15) is 0 Å². The van der Waals surface area contributed by atoms with Crippen LogP contribution in [0.15, 0.2) is 12.1 Å². The average molecular weight is 434 g/mol. The van der Waals surface area contributed by atoms with Crippen LogP contribution in [0.5, 0.6) is 11.5 Å². The van der Waals surface area contributed by atoms with Crippen molar-refractivity contribution in [3.8, 4) is 11.5 Å². The number of halogens is 1. The third-order valence-electron chi connectivity index (χ3n) is 6.81. The van der Waals surface area contributed by atoms with Crippen LogP contribution in [-0.2, 0) is 4.79 Å². The van der Waals surface area contributed by atoms with E-state index in [0.717, 1.165) is 31.1 Å². The summed E-state index contributed by atoms with van der Waals surface area (Å²) in [5.41, 5.74) is 1.09. The second-order valence-corrected chi connectivity index (χ2v) is 10.8. The summed E-state index contributed by atoms with van der Waals surface area (Å²) in [5.74, 6) is 2.52. The SMILES string of the molecule is CC(=O)c1cc2c(cc1NC(=O)CC13C[C@@H]4C[C@H](CC(Br)(C4)C1)C3)OCO2. The molecule has 0 saturated heterocycles. The summed E-state index contributed by atoms with van der Waals surface area (Å²) in [4.78, 5) is 25.0. The van der Waals surface area contributed by atoms with Crippen molar-refractivity contribution >= 4 is 33.3 Å². The Labute approximate surface area is 167 Å². The van der Waals surface area contributed by atoms with Crippen LogP contribution in [0, 0.1) is 17.3 Å². The Morgan fingerprint density at radius 2 is 1.81 bits per heavy atom. The number of ether oxygens (including phenoxy) is 2. The normalized spacial score (nSPS) is 35.3. The van der Waals surface area contributed by atoms with Gasteiger partial charge in [0.05, 0.1) is 5.69 Å². The van der Waals surface area contributed by atoms with E-state index in [9.17, 15) is 9.59 Å². The van der Waals surface area contributed by atoms with E-state index in [0.29, 0.717) is 29.2 Å². The van der Waals surface area contributed by atoms with Crippen LogP contribution in [0.25, 0.3) is 0 Å². The van der Waals surface area contributed by atoms with E-state index in [1.54, 1.807) is 12.1 Å². The number of carbonyl (C=O) groups excluding carboxylic acids is 2. The molecule has 0 radical (unpaired) electrons. The summed E-state index contributed by atoms with van der Waals surface area (Å²) in [6.45, 7) is 1.64. The zero-order valence-electron chi connectivity index (χ0n) is 15.5. The molecule has 1 N–H and O–H groups in total. The van der Waals surface area contributed by atoms with E-state index in [1.165, 1.54) is 26.2 Å². The van der Waals surface area contributed by atoms with Crippen molar-refractivity contribution in [1.29, 1.82) is 0 Å². The van der Waals surface area contributed by atoms with Gasteiger partial charge in [-0.25, -0.2) is 0 Å². The molecule has 6 heteroatoms. The molecule has 6 rings (SSSR count). The molecule has 0 spiro atoms. The molecule has 4 bridgehead atoms. The molecule has 1 heterocycles. The zero-order valence-corrected chi connectivity index (χ0v) is 17.1. The molecule has 27 heavy (non-hydrogen) atoms. The van der Waals surface area contributed by atoms with Gasteiger partial charge in [-0.3, -0.25) is 9.59 Å². The Morgan fingerprint density at radius 3 is 2.44 bits per heavy atom. The van der Waals surface area contributed by atoms with Gasteiger partial charge in [-0.1, -0.05) is 15.9 Å². The first-order chi connectivity index (χ1) is 12.8. The van der Waals surface area contributed by atoms with Gasteiger partial charge in [-0.15, -0.1) is 0 Å². The quantitative estimate of drug-likeness (QED) is 0.552. The van der Waals surface area contributed by atoms with E-state index >= 15 is 0 Å². The molecule has 0 aromatic heterocycles. The van der Waals surface area contributed by atoms with Gasteiger partial charge in [0, 0.05) is 22.4 Å². The lowest BCUT2D eigenvalue weighted by Gasteiger charge is -2.60. The summed E-state index contributed by atoms with van der Waals surface area (Å²) >= 11 is 4.01. The number of anilines is 1. The highest BCUT2D eigenvalue weighted by atomic mass is 79.9. The van der Waals surface area contributed by atoms with Gasteiger partial charge in [-0.2, -0.15) is 0 Å². The maximum Gasteiger partial charge on any atom is 0.231 e. The molecule has 1 aromatic carbocycles. The van der Waals surface area contributed by atoms with E-state index in [1.807, 2.05) is 0 Å². The molecule has 5 aliphatic rings. The Morgan fingerprint density at radius 1 is 1.15 bits per heavy atom. The lowest BCUT2D eigenvalue weighted by molar-refractivity contribution is -0.123. The summed E-state index contributed by atoms with van der Waals surface area (Å²) in [7, 11) is 0. The molecular formula is C21H24BrNO4. The minimum absolute atomic E-state index is 0.00517. The monoisotopic (exact) mass is 433 g/mol. The van der Waals surface area contributed by atoms with Crippen molar-refractivity contribution in [3.63, 3.8) is 0 Å². The maximum atomic E-state index is 13.0. The number of amides is 1. The molecule has 4 saturated carbocycles. The summed E-state index contributed by atoms with van der Waals surface area (Å²) < 4.78 is 11.0. The van der Waals surface area contributed by atoms with Gasteiger partial charge >= 0.3 is 0 Å². The standard InChI is InChI=1S/C21H24BrNO4/c1-12(24)15-3-17-18(27-11-26-17)4-16(15)23-19(25)9-20-5-13-2-14(6-20)8-21(22,7-13)10-20/h3-4,13-14H,2,5-11H2,1H3,(H,23,25)/t13-,14-,20?,21?/m0/s1. The van der Waals surface area contributed by atoms with Crippen molar-refractivity contribution in [2.45, 2.75) is 56.2 Å². The summed E-state index contributed by atoms with van der Waals surface area (Å²) in [5, 5.41) is 3.00. The third kappa shape index (κ3) is 3.06. The lowest BCUT2D eigenvalue weighted by atomic mass is 9.48. The topological polar surface area (TPSA) is 64.6 Å². The number of benzene rings is 1. The predicted octanol–water partition coefficient (Wildman–Crippen LogP) is 4.68. The number of ketones is 1. The Bertz CT molecular complexity index is 822. The highest BCUT2D eigenvalue weighted by molar-refractivity contribution is 9.10. The second kappa shape index (κ2) is 5.97. The molecular weight excluding hydrogens is 410 g/mol. The first-order valence-corrected chi connectivity index (χ1v) is 10.6. The molecule has 0 unspecified atom stereocenters. The van der Waals surface area contributed by atoms with E-state index in [2.05, 4.69) is 21.2 Å². The number of nitrogens with one attached hydrogen (secondary N) is 1. The molecule has 144 valence electrons. The largest absolute Gasteiger partial charge is 0.454 e. The zero-order chi connectivity index (χ0) is 18.8. The highest BCUT2D eigenvalue weighted by Gasteiger charge is 2.57. The van der Waals surface area contributed by atoms with Crippen molar-refractivity contribution in [3.05, 3.63) is 17.7 Å². The first-order valence-electron chi connectivity index (χ1n) is 9.77. The number of Topliss-reactive ketones (excluding diaryl/α,β-unsaturated/α-hetero) is 1. The average Bonchev–Trinajstić information content (AvgIpc) is 2.98. The lowest BCUT2D eigenvalue weighted by Crippen LogP contribution is -2.53. The number of fused-ring (bicyclic) bond motifs is 1. The Balaban J connectivity index is 1.37.